The van der Waals surface area contributed by atoms with Crippen molar-refractivity contribution in [1.29, 1.82) is 0 Å². The number of methoxy groups -OCH3 is 1. The molecule has 0 spiro atoms. The van der Waals surface area contributed by atoms with Crippen molar-refractivity contribution in [2.24, 2.45) is 5.92 Å². The lowest BCUT2D eigenvalue weighted by molar-refractivity contribution is 0.411. The first-order valence-electron chi connectivity index (χ1n) is 9.19. The van der Waals surface area contributed by atoms with Gasteiger partial charge in [-0.25, -0.2) is 13.4 Å². The van der Waals surface area contributed by atoms with Crippen LogP contribution in [0.5, 0.6) is 5.75 Å². The van der Waals surface area contributed by atoms with E-state index in [1.165, 1.54) is 6.42 Å². The number of piperidine rings is 1. The summed E-state index contributed by atoms with van der Waals surface area (Å²) in [5.41, 5.74) is 1.87. The van der Waals surface area contributed by atoms with Crippen LogP contribution >= 0.6 is 0 Å². The molecule has 3 rings (SSSR count). The van der Waals surface area contributed by atoms with Gasteiger partial charge in [0.15, 0.2) is 0 Å². The van der Waals surface area contributed by atoms with E-state index in [0.29, 0.717) is 22.9 Å². The Hall–Kier alpha value is -2.28. The zero-order valence-electron chi connectivity index (χ0n) is 16.3. The third-order valence-corrected chi connectivity index (χ3v) is 6.49. The van der Waals surface area contributed by atoms with Crippen molar-refractivity contribution in [3.8, 4) is 5.75 Å². The van der Waals surface area contributed by atoms with Gasteiger partial charge in [-0.15, -0.1) is 0 Å². The molecular formula is C20H27N3O3S. The summed E-state index contributed by atoms with van der Waals surface area (Å²) in [5, 5.41) is 0. The Balaban J connectivity index is 1.79. The van der Waals surface area contributed by atoms with Gasteiger partial charge in [0.05, 0.1) is 23.9 Å². The van der Waals surface area contributed by atoms with E-state index >= 15 is 0 Å². The highest BCUT2D eigenvalue weighted by atomic mass is 32.2. The molecule has 0 bridgehead atoms. The number of nitrogens with one attached hydrogen (secondary N) is 1. The number of aryl methyl sites for hydroxylation is 2. The zero-order chi connectivity index (χ0) is 19.6. The number of aromatic nitrogens is 1. The molecule has 1 aromatic carbocycles. The standard InChI is InChI=1S/C20H27N3O3S/c1-14-6-5-9-23(13-14)20-8-7-17(12-21-20)22-27(24,25)19-11-15(2)18(26-4)10-16(19)3/h7-8,10-12,14,22H,5-6,9,13H2,1-4H3. The quantitative estimate of drug-likeness (QED) is 0.843. The Morgan fingerprint density at radius 2 is 2.00 bits per heavy atom. The Morgan fingerprint density at radius 1 is 1.22 bits per heavy atom. The fraction of sp³-hybridized carbons (Fsp3) is 0.450. The largest absolute Gasteiger partial charge is 0.496 e. The van der Waals surface area contributed by atoms with Crippen molar-refractivity contribution in [2.75, 3.05) is 29.8 Å². The molecule has 1 aliphatic rings. The van der Waals surface area contributed by atoms with Gasteiger partial charge in [0.1, 0.15) is 11.6 Å². The lowest BCUT2D eigenvalue weighted by Crippen LogP contribution is -2.34. The van der Waals surface area contributed by atoms with E-state index < -0.39 is 10.0 Å². The van der Waals surface area contributed by atoms with Crippen molar-refractivity contribution in [3.63, 3.8) is 0 Å². The normalized spacial score (nSPS) is 17.6. The molecule has 1 aliphatic heterocycles. The average Bonchev–Trinajstić information content (AvgIpc) is 2.63. The van der Waals surface area contributed by atoms with E-state index in [2.05, 4.69) is 21.5 Å². The number of nitrogens with zero attached hydrogens (tertiary/aromatic N) is 2. The highest BCUT2D eigenvalue weighted by Gasteiger charge is 2.20. The molecule has 1 N–H and O–H groups in total. The van der Waals surface area contributed by atoms with E-state index in [1.807, 2.05) is 13.0 Å². The van der Waals surface area contributed by atoms with Gasteiger partial charge < -0.3 is 9.64 Å². The first kappa shape index (κ1) is 19.5. The number of hydrogen-bond donors (Lipinski definition) is 1. The number of anilines is 2. The SMILES string of the molecule is COc1cc(C)c(S(=O)(=O)Nc2ccc(N3CCCC(C)C3)nc2)cc1C. The van der Waals surface area contributed by atoms with E-state index in [9.17, 15) is 8.42 Å². The molecule has 2 heterocycles. The fourth-order valence-corrected chi connectivity index (χ4v) is 4.87. The minimum absolute atomic E-state index is 0.245. The Kier molecular flexibility index (Phi) is 5.60. The predicted molar refractivity (Wildman–Crippen MR) is 108 cm³/mol. The second-order valence-electron chi connectivity index (χ2n) is 7.29. The second-order valence-corrected chi connectivity index (χ2v) is 8.94. The average molecular weight is 390 g/mol. The third kappa shape index (κ3) is 4.35. The molecule has 1 aromatic heterocycles. The number of pyridine rings is 1. The van der Waals surface area contributed by atoms with Gasteiger partial charge >= 0.3 is 0 Å². The van der Waals surface area contributed by atoms with Crippen molar-refractivity contribution >= 4 is 21.5 Å². The molecule has 146 valence electrons. The van der Waals surface area contributed by atoms with Crippen LogP contribution in [0.1, 0.15) is 30.9 Å². The molecule has 1 saturated heterocycles. The first-order chi connectivity index (χ1) is 12.8. The van der Waals surface area contributed by atoms with Crippen molar-refractivity contribution in [3.05, 3.63) is 41.6 Å². The molecule has 0 saturated carbocycles. The summed E-state index contributed by atoms with van der Waals surface area (Å²) in [6.07, 6.45) is 3.99. The lowest BCUT2D eigenvalue weighted by atomic mass is 10.0. The number of ether oxygens (including phenoxy) is 1. The molecule has 0 radical (unpaired) electrons. The molecule has 0 aliphatic carbocycles. The molecule has 1 fully saturated rings. The minimum atomic E-state index is -3.70. The Bertz CT molecular complexity index is 911. The van der Waals surface area contributed by atoms with E-state index in [4.69, 9.17) is 4.74 Å². The maximum absolute atomic E-state index is 12.8. The minimum Gasteiger partial charge on any atom is -0.496 e. The molecular weight excluding hydrogens is 362 g/mol. The molecule has 2 aromatic rings. The molecule has 27 heavy (non-hydrogen) atoms. The summed E-state index contributed by atoms with van der Waals surface area (Å²) in [5.74, 6) is 2.22. The van der Waals surface area contributed by atoms with E-state index in [0.717, 1.165) is 30.9 Å². The van der Waals surface area contributed by atoms with Gasteiger partial charge in [-0.1, -0.05) is 6.92 Å². The molecule has 7 heteroatoms. The van der Waals surface area contributed by atoms with Gasteiger partial charge in [-0.3, -0.25) is 4.72 Å². The Labute approximate surface area is 161 Å². The smallest absolute Gasteiger partial charge is 0.262 e. The maximum atomic E-state index is 12.8. The van der Waals surface area contributed by atoms with E-state index in [-0.39, 0.29) is 4.90 Å². The van der Waals surface area contributed by atoms with Crippen LogP contribution in [0.4, 0.5) is 11.5 Å². The highest BCUT2D eigenvalue weighted by Crippen LogP contribution is 2.27. The van der Waals surface area contributed by atoms with Gasteiger partial charge in [0, 0.05) is 13.1 Å². The summed E-state index contributed by atoms with van der Waals surface area (Å²) in [4.78, 5) is 6.96. The van der Waals surface area contributed by atoms with Gasteiger partial charge in [0.25, 0.3) is 10.0 Å². The zero-order valence-corrected chi connectivity index (χ0v) is 17.1. The predicted octanol–water partition coefficient (Wildman–Crippen LogP) is 3.74. The van der Waals surface area contributed by atoms with Crippen molar-refractivity contribution in [2.45, 2.75) is 38.5 Å². The Morgan fingerprint density at radius 3 is 2.63 bits per heavy atom. The molecule has 1 unspecified atom stereocenters. The van der Waals surface area contributed by atoms with Crippen molar-refractivity contribution in [1.82, 2.24) is 4.98 Å². The van der Waals surface area contributed by atoms with Crippen LogP contribution in [0.3, 0.4) is 0 Å². The van der Waals surface area contributed by atoms with E-state index in [1.54, 1.807) is 38.4 Å². The van der Waals surface area contributed by atoms with Crippen LogP contribution in [0.2, 0.25) is 0 Å². The topological polar surface area (TPSA) is 71.5 Å². The number of hydrogen-bond acceptors (Lipinski definition) is 5. The summed E-state index contributed by atoms with van der Waals surface area (Å²) in [6.45, 7) is 7.81. The fourth-order valence-electron chi connectivity index (χ4n) is 3.51. The number of rotatable bonds is 5. The summed E-state index contributed by atoms with van der Waals surface area (Å²) < 4.78 is 33.5. The highest BCUT2D eigenvalue weighted by molar-refractivity contribution is 7.92. The monoisotopic (exact) mass is 389 g/mol. The lowest BCUT2D eigenvalue weighted by Gasteiger charge is -2.31. The van der Waals surface area contributed by atoms with Crippen LogP contribution in [0.15, 0.2) is 35.4 Å². The molecule has 0 amide bonds. The third-order valence-electron chi connectivity index (χ3n) is 4.96. The van der Waals surface area contributed by atoms with Gasteiger partial charge in [-0.05, 0) is 68.0 Å². The maximum Gasteiger partial charge on any atom is 0.262 e. The van der Waals surface area contributed by atoms with Crippen LogP contribution in [-0.4, -0.2) is 33.6 Å². The number of sulfonamides is 1. The van der Waals surface area contributed by atoms with Crippen molar-refractivity contribution < 1.29 is 13.2 Å². The second kappa shape index (κ2) is 7.76. The summed E-state index contributed by atoms with van der Waals surface area (Å²) in [7, 11) is -2.12. The summed E-state index contributed by atoms with van der Waals surface area (Å²) in [6, 6.07) is 7.02. The van der Waals surface area contributed by atoms with Gasteiger partial charge in [0.2, 0.25) is 0 Å². The van der Waals surface area contributed by atoms with Crippen LogP contribution in [-0.2, 0) is 10.0 Å². The molecule has 1 atom stereocenters. The van der Waals surface area contributed by atoms with Crippen LogP contribution in [0.25, 0.3) is 0 Å². The number of benzene rings is 1. The summed E-state index contributed by atoms with van der Waals surface area (Å²) >= 11 is 0. The van der Waals surface area contributed by atoms with Crippen LogP contribution in [0, 0.1) is 19.8 Å². The molecule has 6 nitrogen and oxygen atoms in total. The van der Waals surface area contributed by atoms with Gasteiger partial charge in [-0.2, -0.15) is 0 Å². The van der Waals surface area contributed by atoms with Crippen LogP contribution < -0.4 is 14.4 Å². The first-order valence-corrected chi connectivity index (χ1v) is 10.7.